The van der Waals surface area contributed by atoms with Crippen molar-refractivity contribution in [2.45, 2.75) is 24.3 Å². The molecule has 1 aromatic carbocycles. The fourth-order valence-corrected chi connectivity index (χ4v) is 4.54. The number of pyridine rings is 1. The van der Waals surface area contributed by atoms with Gasteiger partial charge in [0.1, 0.15) is 5.69 Å². The summed E-state index contributed by atoms with van der Waals surface area (Å²) in [5.41, 5.74) is 4.19. The Hall–Kier alpha value is -4.00. The lowest BCUT2D eigenvalue weighted by atomic mass is 10.1. The number of carbonyl (C=O) groups is 1. The largest absolute Gasteiger partial charge is 0.490 e. The van der Waals surface area contributed by atoms with Gasteiger partial charge in [-0.3, -0.25) is 4.98 Å². The molecule has 0 spiro atoms. The molecule has 13 heteroatoms. The fourth-order valence-electron chi connectivity index (χ4n) is 3.07. The zero-order valence-corrected chi connectivity index (χ0v) is 18.7. The van der Waals surface area contributed by atoms with E-state index in [2.05, 4.69) is 20.1 Å². The number of aromatic nitrogens is 5. The fraction of sp³-hybridized carbons (Fsp3) is 0.182. The van der Waals surface area contributed by atoms with Gasteiger partial charge in [-0.2, -0.15) is 22.4 Å². The Morgan fingerprint density at radius 3 is 2.34 bits per heavy atom. The molecule has 0 radical (unpaired) electrons. The van der Waals surface area contributed by atoms with Crippen LogP contribution in [0.2, 0.25) is 0 Å². The van der Waals surface area contributed by atoms with Crippen molar-refractivity contribution in [3.05, 3.63) is 67.3 Å². The number of carboxylic acid groups (broad SMARTS) is 1. The molecule has 3 heterocycles. The SMILES string of the molecule is O=C(O)C(F)(F)F.O=S(=O)(C1CC1)n1cc(-c2ccnc(-c3ncc(-c4ccccc4)[nH]3)c2)cn1. The van der Waals surface area contributed by atoms with E-state index in [9.17, 15) is 21.6 Å². The third-order valence-electron chi connectivity index (χ3n) is 5.01. The number of aromatic amines is 1. The van der Waals surface area contributed by atoms with E-state index in [1.54, 1.807) is 24.8 Å². The molecule has 0 amide bonds. The second kappa shape index (κ2) is 9.33. The molecule has 4 aromatic rings. The van der Waals surface area contributed by atoms with E-state index in [0.29, 0.717) is 24.4 Å². The molecule has 35 heavy (non-hydrogen) atoms. The van der Waals surface area contributed by atoms with Gasteiger partial charge in [0.15, 0.2) is 5.82 Å². The number of alkyl halides is 3. The summed E-state index contributed by atoms with van der Waals surface area (Å²) in [6.07, 6.45) is 2.92. The van der Waals surface area contributed by atoms with Gasteiger partial charge in [0, 0.05) is 11.8 Å². The lowest BCUT2D eigenvalue weighted by molar-refractivity contribution is -0.192. The number of hydrogen-bond donors (Lipinski definition) is 2. The first-order chi connectivity index (χ1) is 16.6. The third-order valence-corrected chi connectivity index (χ3v) is 7.04. The monoisotopic (exact) mass is 505 g/mol. The molecule has 2 N–H and O–H groups in total. The lowest BCUT2D eigenvalue weighted by Crippen LogP contribution is -2.21. The molecule has 0 bridgehead atoms. The van der Waals surface area contributed by atoms with Crippen LogP contribution in [0.3, 0.4) is 0 Å². The van der Waals surface area contributed by atoms with Gasteiger partial charge in [-0.25, -0.2) is 18.2 Å². The predicted octanol–water partition coefficient (Wildman–Crippen LogP) is 3.98. The standard InChI is InChI=1S/C20H17N5O2S.C2HF3O2/c26-28(27,17-6-7-17)25-13-16(11-23-25)15-8-9-21-18(10-15)20-22-12-19(24-20)14-4-2-1-3-5-14;3-2(4,5)1(6)7/h1-5,8-13,17H,6-7H2,(H,22,24);(H,6,7). The molecule has 1 saturated carbocycles. The number of halogens is 3. The molecule has 0 atom stereocenters. The number of aliphatic carboxylic acids is 1. The van der Waals surface area contributed by atoms with Crippen LogP contribution in [0.4, 0.5) is 13.2 Å². The molecular weight excluding hydrogens is 487 g/mol. The molecule has 0 aliphatic heterocycles. The number of rotatable bonds is 5. The third kappa shape index (κ3) is 5.57. The minimum atomic E-state index is -5.08. The maximum absolute atomic E-state index is 12.3. The van der Waals surface area contributed by atoms with Gasteiger partial charge >= 0.3 is 12.1 Å². The van der Waals surface area contributed by atoms with E-state index in [4.69, 9.17) is 9.90 Å². The molecule has 0 saturated heterocycles. The van der Waals surface area contributed by atoms with Crippen LogP contribution in [0, 0.1) is 0 Å². The summed E-state index contributed by atoms with van der Waals surface area (Å²) in [4.78, 5) is 21.0. The van der Waals surface area contributed by atoms with E-state index in [-0.39, 0.29) is 5.25 Å². The quantitative estimate of drug-likeness (QED) is 0.420. The first kappa shape index (κ1) is 24.1. The molecule has 9 nitrogen and oxygen atoms in total. The number of H-pyrrole nitrogens is 1. The van der Waals surface area contributed by atoms with Crippen molar-refractivity contribution < 1.29 is 31.5 Å². The van der Waals surface area contributed by atoms with Crippen molar-refractivity contribution in [2.75, 3.05) is 0 Å². The summed E-state index contributed by atoms with van der Waals surface area (Å²) in [5, 5.41) is 10.9. The van der Waals surface area contributed by atoms with Gasteiger partial charge in [-0.15, -0.1) is 0 Å². The molecular formula is C22H18F3N5O4S. The maximum Gasteiger partial charge on any atom is 0.490 e. The normalized spacial score (nSPS) is 13.7. The summed E-state index contributed by atoms with van der Waals surface area (Å²) in [6, 6.07) is 13.6. The van der Waals surface area contributed by atoms with Crippen LogP contribution in [-0.4, -0.2) is 55.1 Å². The number of hydrogen-bond acceptors (Lipinski definition) is 6. The van der Waals surface area contributed by atoms with Gasteiger partial charge in [0.2, 0.25) is 0 Å². The number of nitrogens with one attached hydrogen (secondary N) is 1. The molecule has 1 aliphatic carbocycles. The average Bonchev–Trinajstić information content (AvgIpc) is 3.38. The van der Waals surface area contributed by atoms with Crippen molar-refractivity contribution in [1.29, 1.82) is 0 Å². The Kier molecular flexibility index (Phi) is 6.43. The van der Waals surface area contributed by atoms with Crippen LogP contribution in [0.5, 0.6) is 0 Å². The van der Waals surface area contributed by atoms with Crippen LogP contribution in [0.25, 0.3) is 33.9 Å². The van der Waals surface area contributed by atoms with Crippen molar-refractivity contribution in [1.82, 2.24) is 24.1 Å². The van der Waals surface area contributed by atoms with E-state index < -0.39 is 22.2 Å². The van der Waals surface area contributed by atoms with Crippen molar-refractivity contribution in [3.63, 3.8) is 0 Å². The van der Waals surface area contributed by atoms with Gasteiger partial charge in [-0.05, 0) is 36.1 Å². The second-order valence-electron chi connectivity index (χ2n) is 7.59. The minimum Gasteiger partial charge on any atom is -0.475 e. The summed E-state index contributed by atoms with van der Waals surface area (Å²) in [5.74, 6) is -2.11. The Bertz CT molecular complexity index is 1450. The zero-order valence-electron chi connectivity index (χ0n) is 17.8. The van der Waals surface area contributed by atoms with E-state index in [1.165, 1.54) is 0 Å². The minimum absolute atomic E-state index is 0.298. The highest BCUT2D eigenvalue weighted by molar-refractivity contribution is 7.90. The Morgan fingerprint density at radius 1 is 1.03 bits per heavy atom. The first-order valence-corrected chi connectivity index (χ1v) is 11.7. The molecule has 5 rings (SSSR count). The first-order valence-electron chi connectivity index (χ1n) is 10.2. The van der Waals surface area contributed by atoms with Crippen LogP contribution in [0.1, 0.15) is 12.8 Å². The smallest absolute Gasteiger partial charge is 0.475 e. The van der Waals surface area contributed by atoms with Gasteiger partial charge in [0.05, 0.1) is 29.5 Å². The highest BCUT2D eigenvalue weighted by Gasteiger charge is 2.38. The van der Waals surface area contributed by atoms with Crippen molar-refractivity contribution in [3.8, 4) is 33.9 Å². The summed E-state index contributed by atoms with van der Waals surface area (Å²) in [6.45, 7) is 0. The van der Waals surface area contributed by atoms with Gasteiger partial charge < -0.3 is 10.1 Å². The molecule has 3 aromatic heterocycles. The van der Waals surface area contributed by atoms with Crippen molar-refractivity contribution in [2.24, 2.45) is 0 Å². The van der Waals surface area contributed by atoms with E-state index in [1.807, 2.05) is 42.5 Å². The van der Waals surface area contributed by atoms with Crippen molar-refractivity contribution >= 4 is 16.0 Å². The Labute approximate surface area is 197 Å². The second-order valence-corrected chi connectivity index (χ2v) is 9.66. The van der Waals surface area contributed by atoms with E-state index >= 15 is 0 Å². The van der Waals surface area contributed by atoms with Crippen LogP contribution < -0.4 is 0 Å². The average molecular weight is 505 g/mol. The van der Waals surface area contributed by atoms with Gasteiger partial charge in [0.25, 0.3) is 10.0 Å². The highest BCUT2D eigenvalue weighted by Crippen LogP contribution is 2.31. The highest BCUT2D eigenvalue weighted by atomic mass is 32.2. The van der Waals surface area contributed by atoms with Crippen LogP contribution in [-0.2, 0) is 14.8 Å². The number of benzene rings is 1. The molecule has 1 aliphatic rings. The number of nitrogens with zero attached hydrogens (tertiary/aromatic N) is 4. The summed E-state index contributed by atoms with van der Waals surface area (Å²) < 4.78 is 57.5. The Morgan fingerprint density at radius 2 is 1.71 bits per heavy atom. The summed E-state index contributed by atoms with van der Waals surface area (Å²) >= 11 is 0. The van der Waals surface area contributed by atoms with Crippen LogP contribution >= 0.6 is 0 Å². The Balaban J connectivity index is 0.000000364. The topological polar surface area (TPSA) is 131 Å². The van der Waals surface area contributed by atoms with E-state index in [0.717, 1.165) is 26.5 Å². The van der Waals surface area contributed by atoms with Crippen LogP contribution in [0.15, 0.2) is 67.3 Å². The molecule has 1 fully saturated rings. The molecule has 0 unspecified atom stereocenters. The maximum atomic E-state index is 12.3. The summed E-state index contributed by atoms with van der Waals surface area (Å²) in [7, 11) is -3.37. The van der Waals surface area contributed by atoms with Gasteiger partial charge in [-0.1, -0.05) is 30.3 Å². The number of carboxylic acids is 1. The zero-order chi connectivity index (χ0) is 25.2. The predicted molar refractivity (Wildman–Crippen MR) is 120 cm³/mol. The molecule has 182 valence electrons. The number of imidazole rings is 1. The lowest BCUT2D eigenvalue weighted by Gasteiger charge is -2.02.